The van der Waals surface area contributed by atoms with Crippen LogP contribution in [0.4, 0.5) is 5.69 Å². The van der Waals surface area contributed by atoms with Crippen molar-refractivity contribution in [3.8, 4) is 0 Å². The molecule has 0 radical (unpaired) electrons. The molecule has 1 atom stereocenters. The van der Waals surface area contributed by atoms with Gasteiger partial charge in [-0.3, -0.25) is 9.69 Å². The minimum absolute atomic E-state index is 0. The molecule has 5 nitrogen and oxygen atoms in total. The van der Waals surface area contributed by atoms with Gasteiger partial charge in [-0.15, -0.1) is 24.8 Å². The van der Waals surface area contributed by atoms with Crippen LogP contribution in [0.15, 0.2) is 24.3 Å². The quantitative estimate of drug-likeness (QED) is 0.652. The number of rotatable bonds is 8. The maximum Gasteiger partial charge on any atom is 0.237 e. The number of carbonyl (C=O) groups is 1. The maximum absolute atomic E-state index is 12.8. The molecule has 0 spiro atoms. The lowest BCUT2D eigenvalue weighted by Gasteiger charge is -2.37. The summed E-state index contributed by atoms with van der Waals surface area (Å²) in [5.74, 6) is 0.542. The van der Waals surface area contributed by atoms with E-state index in [1.807, 2.05) is 24.3 Å². The lowest BCUT2D eigenvalue weighted by Crippen LogP contribution is -2.54. The van der Waals surface area contributed by atoms with Crippen LogP contribution in [0.3, 0.4) is 0 Å². The monoisotopic (exact) mass is 405 g/mol. The number of hydrogen-bond acceptors (Lipinski definition) is 4. The molecule has 1 aliphatic heterocycles. The first-order valence-corrected chi connectivity index (χ1v) is 9.09. The van der Waals surface area contributed by atoms with E-state index in [2.05, 4.69) is 24.1 Å². The molecule has 1 aromatic carbocycles. The van der Waals surface area contributed by atoms with E-state index in [0.717, 1.165) is 51.3 Å². The molecular weight excluding hydrogens is 373 g/mol. The number of nitrogen functional groups attached to an aromatic ring is 1. The van der Waals surface area contributed by atoms with Gasteiger partial charge in [-0.25, -0.2) is 0 Å². The Morgan fingerprint density at radius 2 is 1.73 bits per heavy atom. The van der Waals surface area contributed by atoms with E-state index in [4.69, 9.17) is 10.5 Å². The van der Waals surface area contributed by atoms with Gasteiger partial charge in [0.15, 0.2) is 0 Å². The van der Waals surface area contributed by atoms with Gasteiger partial charge in [0, 0.05) is 25.3 Å². The van der Waals surface area contributed by atoms with Crippen LogP contribution < -0.4 is 11.1 Å². The zero-order valence-electron chi connectivity index (χ0n) is 15.8. The summed E-state index contributed by atoms with van der Waals surface area (Å²) in [7, 11) is 0. The van der Waals surface area contributed by atoms with Crippen molar-refractivity contribution in [2.45, 2.75) is 39.2 Å². The molecule has 0 saturated carbocycles. The number of morpholine rings is 1. The van der Waals surface area contributed by atoms with Gasteiger partial charge in [0.25, 0.3) is 0 Å². The van der Waals surface area contributed by atoms with E-state index in [0.29, 0.717) is 12.5 Å². The van der Waals surface area contributed by atoms with Crippen molar-refractivity contribution in [1.82, 2.24) is 10.2 Å². The van der Waals surface area contributed by atoms with E-state index < -0.39 is 0 Å². The minimum atomic E-state index is -0.0460. The molecule has 0 bridgehead atoms. The predicted molar refractivity (Wildman–Crippen MR) is 112 cm³/mol. The van der Waals surface area contributed by atoms with Crippen molar-refractivity contribution in [3.63, 3.8) is 0 Å². The van der Waals surface area contributed by atoms with Crippen LogP contribution in [0.1, 0.15) is 32.3 Å². The Hall–Kier alpha value is -1.01. The fraction of sp³-hybridized carbons (Fsp3) is 0.632. The summed E-state index contributed by atoms with van der Waals surface area (Å²) in [5, 5.41) is 3.14. The van der Waals surface area contributed by atoms with Gasteiger partial charge in [-0.2, -0.15) is 0 Å². The van der Waals surface area contributed by atoms with Gasteiger partial charge in [0.2, 0.25) is 5.91 Å². The molecule has 0 aromatic heterocycles. The van der Waals surface area contributed by atoms with E-state index in [1.165, 1.54) is 5.56 Å². The zero-order valence-corrected chi connectivity index (χ0v) is 17.4. The number of halogens is 2. The summed E-state index contributed by atoms with van der Waals surface area (Å²) in [5.41, 5.74) is 7.66. The van der Waals surface area contributed by atoms with Gasteiger partial charge in [-0.1, -0.05) is 38.8 Å². The molecule has 1 amide bonds. The molecule has 1 fully saturated rings. The third kappa shape index (κ3) is 7.31. The van der Waals surface area contributed by atoms with Crippen LogP contribution in [0, 0.1) is 5.92 Å². The number of nitrogens with one attached hydrogen (secondary N) is 1. The number of nitrogens with two attached hydrogens (primary N) is 1. The fourth-order valence-corrected chi connectivity index (χ4v) is 3.39. The largest absolute Gasteiger partial charge is 0.399 e. The number of amides is 1. The number of hydrogen-bond donors (Lipinski definition) is 2. The van der Waals surface area contributed by atoms with Gasteiger partial charge in [-0.05, 0) is 30.0 Å². The SMILES string of the molecule is CCC(CC)C(C(=O)NCCc1ccc(N)cc1)N1CCOCC1.Cl.Cl. The summed E-state index contributed by atoms with van der Waals surface area (Å²) in [6.07, 6.45) is 2.86. The van der Waals surface area contributed by atoms with Crippen molar-refractivity contribution >= 4 is 36.4 Å². The average Bonchev–Trinajstić information content (AvgIpc) is 2.61. The van der Waals surface area contributed by atoms with Crippen LogP contribution in [-0.2, 0) is 16.0 Å². The lowest BCUT2D eigenvalue weighted by molar-refractivity contribution is -0.130. The highest BCUT2D eigenvalue weighted by Gasteiger charge is 2.32. The number of nitrogens with zero attached hydrogens (tertiary/aromatic N) is 1. The molecule has 1 aliphatic rings. The Bertz CT molecular complexity index is 504. The Morgan fingerprint density at radius 1 is 1.15 bits per heavy atom. The zero-order chi connectivity index (χ0) is 17.4. The predicted octanol–water partition coefficient (Wildman–Crippen LogP) is 2.91. The van der Waals surface area contributed by atoms with E-state index >= 15 is 0 Å². The fourth-order valence-electron chi connectivity index (χ4n) is 3.39. The second-order valence-electron chi connectivity index (χ2n) is 6.45. The lowest BCUT2D eigenvalue weighted by atomic mass is 9.91. The minimum Gasteiger partial charge on any atom is -0.399 e. The van der Waals surface area contributed by atoms with Crippen molar-refractivity contribution in [2.24, 2.45) is 5.92 Å². The second-order valence-corrected chi connectivity index (χ2v) is 6.45. The van der Waals surface area contributed by atoms with Gasteiger partial charge >= 0.3 is 0 Å². The molecule has 2 rings (SSSR count). The molecular formula is C19H33Cl2N3O2. The number of carbonyl (C=O) groups excluding carboxylic acids is 1. The van der Waals surface area contributed by atoms with Crippen LogP contribution >= 0.6 is 24.8 Å². The van der Waals surface area contributed by atoms with Crippen molar-refractivity contribution in [1.29, 1.82) is 0 Å². The number of ether oxygens (including phenoxy) is 1. The van der Waals surface area contributed by atoms with E-state index in [9.17, 15) is 4.79 Å². The van der Waals surface area contributed by atoms with Crippen molar-refractivity contribution in [2.75, 3.05) is 38.6 Å². The number of anilines is 1. The summed E-state index contributed by atoms with van der Waals surface area (Å²) >= 11 is 0. The van der Waals surface area contributed by atoms with Gasteiger partial charge in [0.05, 0.1) is 19.3 Å². The van der Waals surface area contributed by atoms with Crippen LogP contribution in [0.25, 0.3) is 0 Å². The topological polar surface area (TPSA) is 67.6 Å². The molecule has 0 aliphatic carbocycles. The Balaban J connectivity index is 0.00000312. The first kappa shape index (κ1) is 25.0. The summed E-state index contributed by atoms with van der Waals surface area (Å²) in [4.78, 5) is 15.1. The van der Waals surface area contributed by atoms with Crippen molar-refractivity contribution < 1.29 is 9.53 Å². The molecule has 1 unspecified atom stereocenters. The van der Waals surface area contributed by atoms with E-state index in [1.54, 1.807) is 0 Å². The molecule has 26 heavy (non-hydrogen) atoms. The van der Waals surface area contributed by atoms with Gasteiger partial charge < -0.3 is 15.8 Å². The Morgan fingerprint density at radius 3 is 2.27 bits per heavy atom. The standard InChI is InChI=1S/C19H31N3O2.2ClH/c1-3-16(4-2)18(22-11-13-24-14-12-22)19(23)21-10-9-15-5-7-17(20)8-6-15;;/h5-8,16,18H,3-4,9-14,20H2,1-2H3,(H,21,23);2*1H. The second kappa shape index (κ2) is 13.2. The highest BCUT2D eigenvalue weighted by atomic mass is 35.5. The smallest absolute Gasteiger partial charge is 0.237 e. The van der Waals surface area contributed by atoms with Crippen LogP contribution in [-0.4, -0.2) is 49.7 Å². The third-order valence-electron chi connectivity index (χ3n) is 4.90. The normalized spacial score (nSPS) is 15.7. The first-order valence-electron chi connectivity index (χ1n) is 9.09. The van der Waals surface area contributed by atoms with Gasteiger partial charge in [0.1, 0.15) is 0 Å². The molecule has 7 heteroatoms. The van der Waals surface area contributed by atoms with Crippen LogP contribution in [0.2, 0.25) is 0 Å². The highest BCUT2D eigenvalue weighted by molar-refractivity contribution is 5.85. The Labute approximate surface area is 169 Å². The average molecular weight is 406 g/mol. The van der Waals surface area contributed by atoms with Crippen molar-refractivity contribution in [3.05, 3.63) is 29.8 Å². The summed E-state index contributed by atoms with van der Waals surface area (Å²) < 4.78 is 5.44. The summed E-state index contributed by atoms with van der Waals surface area (Å²) in [6.45, 7) is 8.11. The maximum atomic E-state index is 12.8. The van der Waals surface area contributed by atoms with E-state index in [-0.39, 0.29) is 36.8 Å². The number of benzene rings is 1. The Kier molecular flexibility index (Phi) is 12.7. The molecule has 1 saturated heterocycles. The molecule has 1 heterocycles. The molecule has 1 aromatic rings. The third-order valence-corrected chi connectivity index (χ3v) is 4.90. The molecule has 3 N–H and O–H groups in total. The highest BCUT2D eigenvalue weighted by Crippen LogP contribution is 2.20. The van der Waals surface area contributed by atoms with Crippen LogP contribution in [0.5, 0.6) is 0 Å². The first-order chi connectivity index (χ1) is 11.7. The molecule has 150 valence electrons. The summed E-state index contributed by atoms with van der Waals surface area (Å²) in [6, 6.07) is 7.79.